The van der Waals surface area contributed by atoms with Gasteiger partial charge in [-0.3, -0.25) is 9.59 Å². The van der Waals surface area contributed by atoms with E-state index in [9.17, 15) is 9.59 Å². The van der Waals surface area contributed by atoms with Crippen molar-refractivity contribution in [2.45, 2.75) is 31.9 Å². The molecule has 144 valence electrons. The number of anilines is 1. The van der Waals surface area contributed by atoms with E-state index < -0.39 is 5.60 Å². The van der Waals surface area contributed by atoms with Crippen LogP contribution in [0.25, 0.3) is 0 Å². The average Bonchev–Trinajstić information content (AvgIpc) is 2.61. The fraction of sp³-hybridized carbons (Fsp3) is 0.579. The number of carbonyl (C=O) groups is 2. The molecule has 1 aromatic rings. The van der Waals surface area contributed by atoms with Crippen LogP contribution in [0.1, 0.15) is 30.6 Å². The van der Waals surface area contributed by atoms with Crippen LogP contribution in [0.5, 0.6) is 5.75 Å². The first kappa shape index (κ1) is 20.0. The zero-order chi connectivity index (χ0) is 19.5. The Morgan fingerprint density at radius 1 is 1.38 bits per heavy atom. The molecule has 1 atom stereocenters. The Labute approximate surface area is 155 Å². The number of amides is 2. The van der Waals surface area contributed by atoms with Gasteiger partial charge >= 0.3 is 0 Å². The predicted molar refractivity (Wildman–Crippen MR) is 101 cm³/mol. The van der Waals surface area contributed by atoms with Crippen LogP contribution in [-0.4, -0.2) is 69.8 Å². The molecule has 0 saturated carbocycles. The summed E-state index contributed by atoms with van der Waals surface area (Å²) in [4.78, 5) is 28.0. The lowest BCUT2D eigenvalue weighted by atomic mass is 10.1. The van der Waals surface area contributed by atoms with Crippen LogP contribution < -0.4 is 15.0 Å². The molecule has 0 spiro atoms. The first-order valence-corrected chi connectivity index (χ1v) is 8.68. The van der Waals surface area contributed by atoms with E-state index in [2.05, 4.69) is 5.32 Å². The van der Waals surface area contributed by atoms with Crippen LogP contribution in [0.2, 0.25) is 0 Å². The lowest BCUT2D eigenvalue weighted by Gasteiger charge is -2.36. The maximum Gasteiger partial charge on any atom is 0.253 e. The van der Waals surface area contributed by atoms with Crippen LogP contribution in [0.15, 0.2) is 18.2 Å². The third-order valence-electron chi connectivity index (χ3n) is 4.66. The van der Waals surface area contributed by atoms with Gasteiger partial charge in [0.1, 0.15) is 12.4 Å². The van der Waals surface area contributed by atoms with Crippen molar-refractivity contribution in [3.63, 3.8) is 0 Å². The van der Waals surface area contributed by atoms with Crippen LogP contribution in [0.3, 0.4) is 0 Å². The molecule has 0 aromatic heterocycles. The molecule has 1 aliphatic rings. The monoisotopic (exact) mass is 363 g/mol. The highest BCUT2D eigenvalue weighted by molar-refractivity contribution is 5.95. The molecule has 0 saturated heterocycles. The number of ether oxygens (including phenoxy) is 2. The van der Waals surface area contributed by atoms with Gasteiger partial charge in [0.05, 0.1) is 23.8 Å². The van der Waals surface area contributed by atoms with Crippen molar-refractivity contribution in [1.82, 2.24) is 10.2 Å². The first-order chi connectivity index (χ1) is 12.1. The summed E-state index contributed by atoms with van der Waals surface area (Å²) in [5.74, 6) is 0.599. The molecular formula is C19H29N3O4. The highest BCUT2D eigenvalue weighted by atomic mass is 16.5. The topological polar surface area (TPSA) is 71.1 Å². The van der Waals surface area contributed by atoms with Crippen molar-refractivity contribution in [1.29, 1.82) is 0 Å². The number of methoxy groups -OCH3 is 1. The molecule has 2 amide bonds. The van der Waals surface area contributed by atoms with Crippen molar-refractivity contribution < 1.29 is 19.1 Å². The number of hydrogen-bond acceptors (Lipinski definition) is 5. The van der Waals surface area contributed by atoms with Crippen LogP contribution in [0, 0.1) is 0 Å². The summed E-state index contributed by atoms with van der Waals surface area (Å²) in [7, 11) is 6.98. The lowest BCUT2D eigenvalue weighted by Crippen LogP contribution is -2.46. The van der Waals surface area contributed by atoms with Gasteiger partial charge < -0.3 is 24.6 Å². The van der Waals surface area contributed by atoms with Gasteiger partial charge in [0, 0.05) is 40.4 Å². The minimum atomic E-state index is -0.404. The molecule has 0 unspecified atom stereocenters. The van der Waals surface area contributed by atoms with E-state index in [1.165, 1.54) is 4.90 Å². The predicted octanol–water partition coefficient (Wildman–Crippen LogP) is 1.52. The molecule has 26 heavy (non-hydrogen) atoms. The van der Waals surface area contributed by atoms with Crippen molar-refractivity contribution in [2.75, 3.05) is 46.3 Å². The number of carbonyl (C=O) groups excluding carboxylic acids is 2. The van der Waals surface area contributed by atoms with E-state index in [4.69, 9.17) is 9.47 Å². The van der Waals surface area contributed by atoms with E-state index in [0.29, 0.717) is 25.1 Å². The summed E-state index contributed by atoms with van der Waals surface area (Å²) < 4.78 is 11.1. The Balaban J connectivity index is 2.06. The second-order valence-corrected chi connectivity index (χ2v) is 7.40. The quantitative estimate of drug-likeness (QED) is 0.830. The van der Waals surface area contributed by atoms with E-state index in [1.54, 1.807) is 33.3 Å². The molecular weight excluding hydrogens is 334 g/mol. The van der Waals surface area contributed by atoms with E-state index in [1.807, 2.05) is 31.9 Å². The molecule has 1 aliphatic heterocycles. The maximum absolute atomic E-state index is 12.3. The number of likely N-dealkylation sites (N-methyl/N-ethyl adjacent to an activating group) is 1. The minimum Gasteiger partial charge on any atom is -0.489 e. The molecule has 0 fully saturated rings. The summed E-state index contributed by atoms with van der Waals surface area (Å²) in [5, 5.41) is 2.90. The van der Waals surface area contributed by atoms with Crippen LogP contribution in [0.4, 0.5) is 5.69 Å². The fourth-order valence-electron chi connectivity index (χ4n) is 2.67. The number of nitrogens with zero attached hydrogens (tertiary/aromatic N) is 2. The molecule has 7 heteroatoms. The zero-order valence-electron chi connectivity index (χ0n) is 16.5. The molecule has 0 bridgehead atoms. The van der Waals surface area contributed by atoms with Gasteiger partial charge in [-0.15, -0.1) is 0 Å². The second kappa shape index (κ2) is 7.95. The number of fused-ring (bicyclic) bond motifs is 1. The Kier molecular flexibility index (Phi) is 6.13. The Morgan fingerprint density at radius 3 is 2.69 bits per heavy atom. The van der Waals surface area contributed by atoms with Crippen molar-refractivity contribution in [3.8, 4) is 5.75 Å². The van der Waals surface area contributed by atoms with Crippen molar-refractivity contribution in [2.24, 2.45) is 0 Å². The molecule has 0 aliphatic carbocycles. The number of benzene rings is 1. The number of hydrogen-bond donors (Lipinski definition) is 1. The lowest BCUT2D eigenvalue weighted by molar-refractivity contribution is -0.122. The minimum absolute atomic E-state index is 0.0560. The van der Waals surface area contributed by atoms with Gasteiger partial charge in [0.2, 0.25) is 5.91 Å². The fourth-order valence-corrected chi connectivity index (χ4v) is 2.67. The van der Waals surface area contributed by atoms with E-state index in [-0.39, 0.29) is 17.9 Å². The summed E-state index contributed by atoms with van der Waals surface area (Å²) in [6.07, 6.45) is 0.307. The smallest absolute Gasteiger partial charge is 0.253 e. The molecule has 1 heterocycles. The zero-order valence-corrected chi connectivity index (χ0v) is 16.5. The molecule has 0 radical (unpaired) electrons. The summed E-state index contributed by atoms with van der Waals surface area (Å²) in [6, 6.07) is 5.28. The first-order valence-electron chi connectivity index (χ1n) is 8.68. The van der Waals surface area contributed by atoms with Crippen molar-refractivity contribution >= 4 is 17.5 Å². The Morgan fingerprint density at radius 2 is 2.08 bits per heavy atom. The van der Waals surface area contributed by atoms with Gasteiger partial charge in [0.15, 0.2) is 0 Å². The van der Waals surface area contributed by atoms with Crippen molar-refractivity contribution in [3.05, 3.63) is 23.8 Å². The normalized spacial score (nSPS) is 16.5. The van der Waals surface area contributed by atoms with Crippen LogP contribution in [-0.2, 0) is 9.53 Å². The summed E-state index contributed by atoms with van der Waals surface area (Å²) in [5.41, 5.74) is 1.01. The van der Waals surface area contributed by atoms with Crippen LogP contribution >= 0.6 is 0 Å². The van der Waals surface area contributed by atoms with Gasteiger partial charge in [0.25, 0.3) is 5.91 Å². The molecule has 1 aromatic carbocycles. The number of rotatable bonds is 6. The standard InChI is InChI=1S/C19H29N3O4/c1-19(2,25-6)12-20-17(23)10-14-11-26-16-8-7-13(18(24)21(3)4)9-15(16)22(14)5/h7-9,14H,10-12H2,1-6H3,(H,20,23)/t14-/m1/s1. The number of nitrogens with one attached hydrogen (secondary N) is 1. The highest BCUT2D eigenvalue weighted by Crippen LogP contribution is 2.34. The summed E-state index contributed by atoms with van der Waals surface area (Å²) in [6.45, 7) is 4.70. The van der Waals surface area contributed by atoms with Gasteiger partial charge in [-0.25, -0.2) is 0 Å². The molecule has 2 rings (SSSR count). The SMILES string of the molecule is COC(C)(C)CNC(=O)C[C@@H]1COc2ccc(C(=O)N(C)C)cc2N1C. The Hall–Kier alpha value is -2.28. The third kappa shape index (κ3) is 4.66. The van der Waals surface area contributed by atoms with E-state index in [0.717, 1.165) is 11.4 Å². The third-order valence-corrected chi connectivity index (χ3v) is 4.66. The highest BCUT2D eigenvalue weighted by Gasteiger charge is 2.28. The molecule has 7 nitrogen and oxygen atoms in total. The van der Waals surface area contributed by atoms with E-state index >= 15 is 0 Å². The molecule has 1 N–H and O–H groups in total. The largest absolute Gasteiger partial charge is 0.489 e. The van der Waals surface area contributed by atoms with Gasteiger partial charge in [-0.1, -0.05) is 0 Å². The van der Waals surface area contributed by atoms with Gasteiger partial charge in [-0.2, -0.15) is 0 Å². The second-order valence-electron chi connectivity index (χ2n) is 7.40. The summed E-state index contributed by atoms with van der Waals surface area (Å²) >= 11 is 0. The maximum atomic E-state index is 12.3. The Bertz CT molecular complexity index is 673. The average molecular weight is 363 g/mol. The van der Waals surface area contributed by atoms with Gasteiger partial charge in [-0.05, 0) is 32.0 Å².